The zero-order chi connectivity index (χ0) is 12.7. The van der Waals surface area contributed by atoms with Crippen molar-refractivity contribution in [2.45, 2.75) is 19.8 Å². The van der Waals surface area contributed by atoms with E-state index < -0.39 is 5.97 Å². The van der Waals surface area contributed by atoms with Gasteiger partial charge in [0.15, 0.2) is 10.8 Å². The Morgan fingerprint density at radius 3 is 3.06 bits per heavy atom. The normalized spacial score (nSPS) is 9.41. The number of esters is 1. The zero-order valence-corrected chi connectivity index (χ0v) is 10.0. The molecule has 1 rings (SSSR count). The summed E-state index contributed by atoms with van der Waals surface area (Å²) < 4.78 is 4.89. The Morgan fingerprint density at radius 1 is 1.65 bits per heavy atom. The van der Waals surface area contributed by atoms with Crippen LogP contribution in [0.15, 0.2) is 5.38 Å². The molecule has 6 nitrogen and oxygen atoms in total. The van der Waals surface area contributed by atoms with Gasteiger partial charge < -0.3 is 10.1 Å². The Labute approximate surface area is 102 Å². The van der Waals surface area contributed by atoms with E-state index >= 15 is 0 Å². The van der Waals surface area contributed by atoms with E-state index in [1.54, 1.807) is 0 Å². The van der Waals surface area contributed by atoms with Gasteiger partial charge in [-0.05, 0) is 6.42 Å². The summed E-state index contributed by atoms with van der Waals surface area (Å²) in [5.74, 6) is -0.788. The fourth-order valence-electron chi connectivity index (χ4n) is 0.966. The van der Waals surface area contributed by atoms with E-state index in [9.17, 15) is 9.59 Å². The number of carbonyl (C=O) groups excluding carboxylic acids is 2. The number of rotatable bonds is 5. The number of unbranched alkanes of at least 4 members (excludes halogenated alkanes) is 1. The molecular formula is C10H11N3O3S. The van der Waals surface area contributed by atoms with Crippen LogP contribution in [0.3, 0.4) is 0 Å². The van der Waals surface area contributed by atoms with E-state index in [1.807, 2.05) is 6.07 Å². The van der Waals surface area contributed by atoms with Crippen molar-refractivity contribution in [2.75, 3.05) is 11.9 Å². The van der Waals surface area contributed by atoms with Crippen molar-refractivity contribution in [1.29, 1.82) is 5.26 Å². The van der Waals surface area contributed by atoms with E-state index in [1.165, 1.54) is 12.3 Å². The Balaban J connectivity index is 2.44. The standard InChI is InChI=1S/C10H11N3O3S/c1-7(14)12-10-13-8(6-17-10)9(15)16-5-3-2-4-11/h6H,2-3,5H2,1H3,(H,12,13,14). The summed E-state index contributed by atoms with van der Waals surface area (Å²) in [5.41, 5.74) is 0.163. The monoisotopic (exact) mass is 253 g/mol. The molecule has 0 aliphatic heterocycles. The van der Waals surface area contributed by atoms with Crippen LogP contribution in [0.5, 0.6) is 0 Å². The summed E-state index contributed by atoms with van der Waals surface area (Å²) in [6.45, 7) is 1.56. The summed E-state index contributed by atoms with van der Waals surface area (Å²) >= 11 is 1.15. The number of carbonyl (C=O) groups is 2. The van der Waals surface area contributed by atoms with E-state index in [2.05, 4.69) is 10.3 Å². The summed E-state index contributed by atoms with van der Waals surface area (Å²) in [6, 6.07) is 1.95. The molecule has 0 saturated heterocycles. The predicted octanol–water partition coefficient (Wildman–Crippen LogP) is 1.56. The van der Waals surface area contributed by atoms with Gasteiger partial charge in [-0.25, -0.2) is 9.78 Å². The van der Waals surface area contributed by atoms with Gasteiger partial charge in [-0.2, -0.15) is 5.26 Å². The van der Waals surface area contributed by atoms with Crippen molar-refractivity contribution in [2.24, 2.45) is 0 Å². The highest BCUT2D eigenvalue weighted by Gasteiger charge is 2.12. The molecule has 90 valence electrons. The molecule has 0 fully saturated rings. The molecule has 0 saturated carbocycles. The van der Waals surface area contributed by atoms with Gasteiger partial charge in [-0.3, -0.25) is 4.79 Å². The molecule has 0 aliphatic carbocycles. The number of thiazole rings is 1. The molecule has 1 heterocycles. The van der Waals surface area contributed by atoms with Crippen LogP contribution in [-0.4, -0.2) is 23.5 Å². The average molecular weight is 253 g/mol. The summed E-state index contributed by atoms with van der Waals surface area (Å²) in [6.07, 6.45) is 0.854. The van der Waals surface area contributed by atoms with Crippen LogP contribution in [-0.2, 0) is 9.53 Å². The molecule has 1 aromatic heterocycles. The first-order valence-corrected chi connectivity index (χ1v) is 5.78. The van der Waals surface area contributed by atoms with Gasteiger partial charge in [-0.15, -0.1) is 11.3 Å². The summed E-state index contributed by atoms with van der Waals surface area (Å²) in [5, 5.41) is 12.6. The Hall–Kier alpha value is -1.94. The highest BCUT2D eigenvalue weighted by molar-refractivity contribution is 7.14. The quantitative estimate of drug-likeness (QED) is 0.635. The minimum absolute atomic E-state index is 0.163. The molecule has 0 aliphatic rings. The molecule has 0 atom stereocenters. The molecule has 1 N–H and O–H groups in total. The zero-order valence-electron chi connectivity index (χ0n) is 9.23. The molecule has 0 spiro atoms. The lowest BCUT2D eigenvalue weighted by molar-refractivity contribution is -0.114. The van der Waals surface area contributed by atoms with Crippen molar-refractivity contribution >= 4 is 28.3 Å². The van der Waals surface area contributed by atoms with Crippen molar-refractivity contribution in [3.63, 3.8) is 0 Å². The molecule has 0 unspecified atom stereocenters. The maximum atomic E-state index is 11.4. The van der Waals surface area contributed by atoms with E-state index in [4.69, 9.17) is 10.00 Å². The third-order valence-corrected chi connectivity index (χ3v) is 2.42. The predicted molar refractivity (Wildman–Crippen MR) is 61.5 cm³/mol. The van der Waals surface area contributed by atoms with Crippen molar-refractivity contribution < 1.29 is 14.3 Å². The molecule has 1 aromatic rings. The topological polar surface area (TPSA) is 92.1 Å². The Bertz CT molecular complexity index is 450. The highest BCUT2D eigenvalue weighted by atomic mass is 32.1. The number of nitrogens with one attached hydrogen (secondary N) is 1. The number of hydrogen-bond acceptors (Lipinski definition) is 6. The van der Waals surface area contributed by atoms with Gasteiger partial charge in [0.05, 0.1) is 12.7 Å². The molecule has 1 amide bonds. The average Bonchev–Trinajstić information content (AvgIpc) is 2.71. The van der Waals surface area contributed by atoms with Crippen LogP contribution in [0.4, 0.5) is 5.13 Å². The van der Waals surface area contributed by atoms with Crippen molar-refractivity contribution in [3.8, 4) is 6.07 Å². The number of aromatic nitrogens is 1. The summed E-state index contributed by atoms with van der Waals surface area (Å²) in [7, 11) is 0. The third kappa shape index (κ3) is 4.61. The van der Waals surface area contributed by atoms with Crippen LogP contribution >= 0.6 is 11.3 Å². The largest absolute Gasteiger partial charge is 0.461 e. The SMILES string of the molecule is CC(=O)Nc1nc(C(=O)OCCCC#N)cs1. The van der Waals surface area contributed by atoms with Crippen molar-refractivity contribution in [1.82, 2.24) is 4.98 Å². The molecule has 0 radical (unpaired) electrons. The third-order valence-electron chi connectivity index (χ3n) is 1.66. The lowest BCUT2D eigenvalue weighted by atomic mass is 10.3. The smallest absolute Gasteiger partial charge is 0.357 e. The number of ether oxygens (including phenoxy) is 1. The number of nitrogens with zero attached hydrogens (tertiary/aromatic N) is 2. The maximum Gasteiger partial charge on any atom is 0.357 e. The van der Waals surface area contributed by atoms with Crippen LogP contribution in [0.1, 0.15) is 30.3 Å². The fourth-order valence-corrected chi connectivity index (χ4v) is 1.69. The Kier molecular flexibility index (Phi) is 5.10. The first kappa shape index (κ1) is 13.1. The second-order valence-electron chi connectivity index (χ2n) is 3.12. The van der Waals surface area contributed by atoms with Gasteiger partial charge in [0.2, 0.25) is 5.91 Å². The van der Waals surface area contributed by atoms with Gasteiger partial charge in [0.25, 0.3) is 0 Å². The molecule has 0 aromatic carbocycles. The number of amides is 1. The van der Waals surface area contributed by atoms with Gasteiger partial charge >= 0.3 is 5.97 Å². The minimum atomic E-state index is -0.546. The van der Waals surface area contributed by atoms with Crippen LogP contribution in [0, 0.1) is 11.3 Å². The van der Waals surface area contributed by atoms with E-state index in [0.29, 0.717) is 18.0 Å². The second kappa shape index (κ2) is 6.60. The first-order chi connectivity index (χ1) is 8.13. The van der Waals surface area contributed by atoms with Crippen molar-refractivity contribution in [3.05, 3.63) is 11.1 Å². The molecule has 7 heteroatoms. The second-order valence-corrected chi connectivity index (χ2v) is 3.97. The lowest BCUT2D eigenvalue weighted by Crippen LogP contribution is -2.08. The highest BCUT2D eigenvalue weighted by Crippen LogP contribution is 2.15. The van der Waals surface area contributed by atoms with E-state index in [-0.39, 0.29) is 18.2 Å². The Morgan fingerprint density at radius 2 is 2.41 bits per heavy atom. The number of nitriles is 1. The summed E-state index contributed by atoms with van der Waals surface area (Å²) in [4.78, 5) is 26.1. The van der Waals surface area contributed by atoms with Crippen LogP contribution in [0.2, 0.25) is 0 Å². The molecule has 0 bridgehead atoms. The van der Waals surface area contributed by atoms with E-state index in [0.717, 1.165) is 11.3 Å². The number of anilines is 1. The molecular weight excluding hydrogens is 242 g/mol. The van der Waals surface area contributed by atoms with Crippen LogP contribution in [0.25, 0.3) is 0 Å². The first-order valence-electron chi connectivity index (χ1n) is 4.90. The van der Waals surface area contributed by atoms with Gasteiger partial charge in [0.1, 0.15) is 0 Å². The minimum Gasteiger partial charge on any atom is -0.461 e. The number of hydrogen-bond donors (Lipinski definition) is 1. The van der Waals surface area contributed by atoms with Crippen LogP contribution < -0.4 is 5.32 Å². The van der Waals surface area contributed by atoms with Gasteiger partial charge in [0, 0.05) is 18.7 Å². The van der Waals surface area contributed by atoms with Gasteiger partial charge in [-0.1, -0.05) is 0 Å². The maximum absolute atomic E-state index is 11.4. The fraction of sp³-hybridized carbons (Fsp3) is 0.400. The molecule has 17 heavy (non-hydrogen) atoms. The lowest BCUT2D eigenvalue weighted by Gasteiger charge is -1.99.